The summed E-state index contributed by atoms with van der Waals surface area (Å²) < 4.78 is 13.1. The lowest BCUT2D eigenvalue weighted by Gasteiger charge is -2.16. The molecule has 0 bridgehead atoms. The van der Waals surface area contributed by atoms with Gasteiger partial charge in [0.2, 0.25) is 5.91 Å². The fourth-order valence-electron chi connectivity index (χ4n) is 1.80. The van der Waals surface area contributed by atoms with E-state index in [1.54, 1.807) is 11.3 Å². The van der Waals surface area contributed by atoms with E-state index in [9.17, 15) is 9.18 Å². The van der Waals surface area contributed by atoms with Crippen molar-refractivity contribution in [2.24, 2.45) is 0 Å². The van der Waals surface area contributed by atoms with Crippen molar-refractivity contribution in [3.05, 3.63) is 46.4 Å². The number of thiophene rings is 1. The number of carbonyl (C=O) groups excluding carboxylic acids is 1. The minimum atomic E-state index is -0.429. The lowest BCUT2D eigenvalue weighted by molar-refractivity contribution is -0.117. The van der Waals surface area contributed by atoms with Gasteiger partial charge in [-0.25, -0.2) is 4.39 Å². The van der Waals surface area contributed by atoms with Gasteiger partial charge >= 0.3 is 0 Å². The third-order valence-electron chi connectivity index (χ3n) is 2.71. The van der Waals surface area contributed by atoms with Crippen LogP contribution >= 0.6 is 11.3 Å². The number of hydrogen-bond donors (Lipinski definition) is 2. The Morgan fingerprint density at radius 1 is 1.45 bits per heavy atom. The Bertz CT molecular complexity index is 586. The molecule has 0 aliphatic rings. The molecule has 0 saturated heterocycles. The maximum absolute atomic E-state index is 13.1. The zero-order chi connectivity index (χ0) is 14.5. The van der Waals surface area contributed by atoms with Crippen LogP contribution in [0.1, 0.15) is 4.88 Å². The number of hydrogen-bond acceptors (Lipinski definition) is 4. The average molecular weight is 293 g/mol. The van der Waals surface area contributed by atoms with E-state index in [0.29, 0.717) is 17.9 Å². The summed E-state index contributed by atoms with van der Waals surface area (Å²) in [4.78, 5) is 15.0. The molecule has 20 heavy (non-hydrogen) atoms. The van der Waals surface area contributed by atoms with Crippen molar-refractivity contribution in [1.82, 2.24) is 4.90 Å². The van der Waals surface area contributed by atoms with Crippen LogP contribution in [0.4, 0.5) is 15.8 Å². The third-order valence-corrected chi connectivity index (χ3v) is 3.57. The molecule has 2 aromatic rings. The van der Waals surface area contributed by atoms with Crippen LogP contribution in [0.15, 0.2) is 35.7 Å². The minimum absolute atomic E-state index is 0.216. The van der Waals surface area contributed by atoms with E-state index in [4.69, 9.17) is 5.73 Å². The first-order valence-electron chi connectivity index (χ1n) is 6.10. The predicted octanol–water partition coefficient (Wildman–Crippen LogP) is 2.54. The van der Waals surface area contributed by atoms with Gasteiger partial charge < -0.3 is 11.1 Å². The Balaban J connectivity index is 1.90. The molecule has 1 amide bonds. The number of anilines is 2. The van der Waals surface area contributed by atoms with Gasteiger partial charge in [0.05, 0.1) is 17.9 Å². The highest BCUT2D eigenvalue weighted by atomic mass is 32.1. The third kappa shape index (κ3) is 4.04. The van der Waals surface area contributed by atoms with Crippen LogP contribution in [0.3, 0.4) is 0 Å². The number of benzene rings is 1. The van der Waals surface area contributed by atoms with Crippen LogP contribution in [-0.2, 0) is 11.3 Å². The first-order chi connectivity index (χ1) is 9.54. The standard InChI is InChI=1S/C14H16FN3OS/c1-18(8-11-3-2-6-20-11)9-14(19)17-13-7-10(15)4-5-12(13)16/h2-7H,8-9,16H2,1H3,(H,17,19). The molecule has 3 N–H and O–H groups in total. The fraction of sp³-hybridized carbons (Fsp3) is 0.214. The van der Waals surface area contributed by atoms with Crippen molar-refractivity contribution < 1.29 is 9.18 Å². The highest BCUT2D eigenvalue weighted by Crippen LogP contribution is 2.19. The van der Waals surface area contributed by atoms with E-state index >= 15 is 0 Å². The second-order valence-corrected chi connectivity index (χ2v) is 5.56. The van der Waals surface area contributed by atoms with E-state index in [1.807, 2.05) is 29.5 Å². The van der Waals surface area contributed by atoms with Crippen molar-refractivity contribution in [3.63, 3.8) is 0 Å². The molecule has 1 aromatic heterocycles. The van der Waals surface area contributed by atoms with Crippen LogP contribution in [-0.4, -0.2) is 24.4 Å². The molecule has 6 heteroatoms. The summed E-state index contributed by atoms with van der Waals surface area (Å²) in [6.07, 6.45) is 0. The van der Waals surface area contributed by atoms with Crippen molar-refractivity contribution in [3.8, 4) is 0 Å². The summed E-state index contributed by atoms with van der Waals surface area (Å²) in [7, 11) is 1.86. The molecule has 1 aromatic carbocycles. The lowest BCUT2D eigenvalue weighted by atomic mass is 10.2. The molecule has 0 fully saturated rings. The molecular weight excluding hydrogens is 277 g/mol. The Hall–Kier alpha value is -1.92. The molecule has 0 spiro atoms. The fourth-order valence-corrected chi connectivity index (χ4v) is 2.58. The first kappa shape index (κ1) is 14.5. The molecule has 1 heterocycles. The summed E-state index contributed by atoms with van der Waals surface area (Å²) in [6.45, 7) is 0.914. The summed E-state index contributed by atoms with van der Waals surface area (Å²) in [5, 5.41) is 4.62. The number of nitrogens with two attached hydrogens (primary N) is 1. The van der Waals surface area contributed by atoms with Crippen LogP contribution in [0.2, 0.25) is 0 Å². The van der Waals surface area contributed by atoms with Gasteiger partial charge in [0.25, 0.3) is 0 Å². The molecule has 0 aliphatic carbocycles. The van der Waals surface area contributed by atoms with Gasteiger partial charge in [-0.05, 0) is 36.7 Å². The van der Waals surface area contributed by atoms with Crippen LogP contribution in [0, 0.1) is 5.82 Å². The number of halogens is 1. The summed E-state index contributed by atoms with van der Waals surface area (Å²) >= 11 is 1.64. The molecular formula is C14H16FN3OS. The zero-order valence-electron chi connectivity index (χ0n) is 11.1. The highest BCUT2D eigenvalue weighted by Gasteiger charge is 2.10. The largest absolute Gasteiger partial charge is 0.397 e. The van der Waals surface area contributed by atoms with Gasteiger partial charge in [-0.2, -0.15) is 0 Å². The number of likely N-dealkylation sites (N-methyl/N-ethyl adjacent to an activating group) is 1. The minimum Gasteiger partial charge on any atom is -0.397 e. The number of nitrogens with zero attached hydrogens (tertiary/aromatic N) is 1. The number of carbonyl (C=O) groups is 1. The van der Waals surface area contributed by atoms with Gasteiger partial charge in [0.1, 0.15) is 5.82 Å². The molecule has 0 aliphatic heterocycles. The molecule has 0 saturated carbocycles. The summed E-state index contributed by atoms with van der Waals surface area (Å²) in [5.41, 5.74) is 6.34. The van der Waals surface area contributed by atoms with E-state index in [2.05, 4.69) is 5.32 Å². The number of rotatable bonds is 5. The molecule has 0 unspecified atom stereocenters. The van der Waals surface area contributed by atoms with Crippen LogP contribution in [0.5, 0.6) is 0 Å². The predicted molar refractivity (Wildman–Crippen MR) is 80.1 cm³/mol. The Labute approximate surface area is 121 Å². The summed E-state index contributed by atoms with van der Waals surface area (Å²) in [5.74, 6) is -0.650. The van der Waals surface area contributed by atoms with E-state index in [1.165, 1.54) is 23.1 Å². The molecule has 106 valence electrons. The normalized spacial score (nSPS) is 10.8. The summed E-state index contributed by atoms with van der Waals surface area (Å²) in [6, 6.07) is 7.89. The second kappa shape index (κ2) is 6.49. The topological polar surface area (TPSA) is 58.4 Å². The van der Waals surface area contributed by atoms with E-state index in [-0.39, 0.29) is 12.5 Å². The van der Waals surface area contributed by atoms with Crippen molar-refractivity contribution in [2.45, 2.75) is 6.54 Å². The van der Waals surface area contributed by atoms with Gasteiger partial charge in [0.15, 0.2) is 0 Å². The van der Waals surface area contributed by atoms with Gasteiger partial charge in [-0.15, -0.1) is 11.3 Å². The van der Waals surface area contributed by atoms with Crippen LogP contribution in [0.25, 0.3) is 0 Å². The monoisotopic (exact) mass is 293 g/mol. The molecule has 0 atom stereocenters. The lowest BCUT2D eigenvalue weighted by Crippen LogP contribution is -2.29. The van der Waals surface area contributed by atoms with E-state index < -0.39 is 5.82 Å². The van der Waals surface area contributed by atoms with Crippen molar-refractivity contribution >= 4 is 28.6 Å². The Kier molecular flexibility index (Phi) is 4.70. The first-order valence-corrected chi connectivity index (χ1v) is 6.98. The number of nitrogen functional groups attached to an aromatic ring is 1. The zero-order valence-corrected chi connectivity index (χ0v) is 11.9. The number of amides is 1. The van der Waals surface area contributed by atoms with Gasteiger partial charge in [0, 0.05) is 11.4 Å². The second-order valence-electron chi connectivity index (χ2n) is 4.53. The van der Waals surface area contributed by atoms with Gasteiger partial charge in [-0.1, -0.05) is 6.07 Å². The SMILES string of the molecule is CN(CC(=O)Nc1cc(F)ccc1N)Cc1cccs1. The Morgan fingerprint density at radius 2 is 2.25 bits per heavy atom. The Morgan fingerprint density at radius 3 is 2.95 bits per heavy atom. The molecule has 2 rings (SSSR count). The quantitative estimate of drug-likeness (QED) is 0.833. The van der Waals surface area contributed by atoms with Crippen molar-refractivity contribution in [2.75, 3.05) is 24.6 Å². The number of nitrogens with one attached hydrogen (secondary N) is 1. The van der Waals surface area contributed by atoms with Crippen LogP contribution < -0.4 is 11.1 Å². The smallest absolute Gasteiger partial charge is 0.238 e. The molecule has 0 radical (unpaired) electrons. The van der Waals surface area contributed by atoms with Crippen molar-refractivity contribution in [1.29, 1.82) is 0 Å². The van der Waals surface area contributed by atoms with E-state index in [0.717, 1.165) is 0 Å². The maximum atomic E-state index is 13.1. The highest BCUT2D eigenvalue weighted by molar-refractivity contribution is 7.09. The maximum Gasteiger partial charge on any atom is 0.238 e. The van der Waals surface area contributed by atoms with Gasteiger partial charge in [-0.3, -0.25) is 9.69 Å². The molecule has 4 nitrogen and oxygen atoms in total. The average Bonchev–Trinajstić information content (AvgIpc) is 2.86.